The Morgan fingerprint density at radius 2 is 0.552 bits per heavy atom. The number of rotatable bonds is 8. The molecule has 4 nitrogen and oxygen atoms in total. The highest BCUT2D eigenvalue weighted by molar-refractivity contribution is 7.00. The molecule has 0 aliphatic carbocycles. The zero-order valence-electron chi connectivity index (χ0n) is 48.7. The van der Waals surface area contributed by atoms with Crippen LogP contribution in [-0.4, -0.2) is 15.8 Å². The molecule has 0 spiro atoms. The third-order valence-electron chi connectivity index (χ3n) is 18.4. The lowest BCUT2D eigenvalue weighted by molar-refractivity contribution is 0.590. The minimum absolute atomic E-state index is 0.209. The smallest absolute Gasteiger partial charge is 0.252 e. The molecule has 0 fully saturated rings. The molecule has 2 aliphatic rings. The molecule has 87 heavy (non-hydrogen) atoms. The summed E-state index contributed by atoms with van der Waals surface area (Å²) in [5, 5.41) is 4.96. The lowest BCUT2D eigenvalue weighted by Gasteiger charge is -2.45. The topological polar surface area (TPSA) is 16.3 Å². The van der Waals surface area contributed by atoms with E-state index in [-0.39, 0.29) is 12.1 Å². The molecule has 0 bridgehead atoms. The summed E-state index contributed by atoms with van der Waals surface area (Å²) < 4.78 is 4.98. The van der Waals surface area contributed by atoms with Crippen LogP contribution in [0.1, 0.15) is 26.3 Å². The van der Waals surface area contributed by atoms with E-state index in [9.17, 15) is 0 Å². The summed E-state index contributed by atoms with van der Waals surface area (Å²) in [4.78, 5) is 5.23. The van der Waals surface area contributed by atoms with Crippen LogP contribution >= 0.6 is 0 Å². The van der Waals surface area contributed by atoms with Gasteiger partial charge in [-0.25, -0.2) is 0 Å². The van der Waals surface area contributed by atoms with Gasteiger partial charge in [0, 0.05) is 67.0 Å². The number of benzene rings is 13. The fourth-order valence-corrected chi connectivity index (χ4v) is 14.3. The molecular formula is C82H59BN4. The molecule has 13 aromatic carbocycles. The van der Waals surface area contributed by atoms with Gasteiger partial charge in [-0.2, -0.15) is 0 Å². The molecule has 0 amide bonds. The predicted octanol–water partition coefficient (Wildman–Crippen LogP) is 19.9. The first-order valence-electron chi connectivity index (χ1n) is 30.3. The summed E-state index contributed by atoms with van der Waals surface area (Å²) in [6.45, 7) is 6.89. The predicted molar refractivity (Wildman–Crippen MR) is 370 cm³/mol. The zero-order chi connectivity index (χ0) is 57.9. The first-order valence-corrected chi connectivity index (χ1v) is 30.3. The standard InChI is InChI=1S/C82H59BN4/c1-82(2,3)62-50-79-81-80(51-62)87(66-48-60(56-28-12-6-13-29-56)45-61(49-66)57-30-14-7-15-31-57)78-43-41-64(85-75-38-22-18-34-69(75)70-35-19-23-39-76(70)85)53-72(78)83(81)71-52-63(84-73-36-20-16-32-67(73)68-33-17-21-37-74(68)84)40-42-77(71)86(79)65-46-58(54-24-8-4-9-25-54)44-59(47-65)55-26-10-5-11-27-55/h4-53H,1-3H3. The van der Waals surface area contributed by atoms with Crippen LogP contribution in [0.25, 0.3) is 99.5 Å². The van der Waals surface area contributed by atoms with Crippen molar-refractivity contribution in [2.75, 3.05) is 9.80 Å². The average molecular weight is 1110 g/mol. The van der Waals surface area contributed by atoms with Crippen LogP contribution in [-0.2, 0) is 5.41 Å². The minimum atomic E-state index is -0.234. The monoisotopic (exact) mass is 1110 g/mol. The van der Waals surface area contributed by atoms with E-state index in [1.165, 1.54) is 99.2 Å². The van der Waals surface area contributed by atoms with E-state index in [4.69, 9.17) is 0 Å². The number of hydrogen-bond acceptors (Lipinski definition) is 2. The van der Waals surface area contributed by atoms with E-state index in [2.05, 4.69) is 343 Å². The van der Waals surface area contributed by atoms with E-state index in [1.54, 1.807) is 0 Å². The van der Waals surface area contributed by atoms with Crippen LogP contribution < -0.4 is 26.2 Å². The van der Waals surface area contributed by atoms with Crippen LogP contribution in [0.3, 0.4) is 0 Å². The molecule has 0 saturated carbocycles. The molecule has 0 unspecified atom stereocenters. The summed E-state index contributed by atoms with van der Waals surface area (Å²) in [6.07, 6.45) is 0. The third kappa shape index (κ3) is 8.22. The van der Waals surface area contributed by atoms with Gasteiger partial charge in [0.05, 0.1) is 22.1 Å². The summed E-state index contributed by atoms with van der Waals surface area (Å²) >= 11 is 0. The first kappa shape index (κ1) is 50.6. The molecule has 0 saturated heterocycles. The van der Waals surface area contributed by atoms with Crippen LogP contribution in [0, 0.1) is 0 Å². The van der Waals surface area contributed by atoms with Crippen molar-refractivity contribution in [1.29, 1.82) is 0 Å². The molecule has 5 heteroatoms. The second kappa shape index (κ2) is 19.9. The van der Waals surface area contributed by atoms with Crippen molar-refractivity contribution >= 4 is 101 Å². The van der Waals surface area contributed by atoms with E-state index < -0.39 is 0 Å². The summed E-state index contributed by atoms with van der Waals surface area (Å²) in [5.41, 5.74) is 27.9. The van der Waals surface area contributed by atoms with Crippen molar-refractivity contribution < 1.29 is 0 Å². The maximum atomic E-state index is 2.62. The number of fused-ring (bicyclic) bond motifs is 10. The van der Waals surface area contributed by atoms with Gasteiger partial charge in [-0.05, 0) is 181 Å². The van der Waals surface area contributed by atoms with E-state index in [0.29, 0.717) is 0 Å². The lowest BCUT2D eigenvalue weighted by atomic mass is 9.33. The summed E-state index contributed by atoms with van der Waals surface area (Å²) in [7, 11) is 0. The Bertz CT molecular complexity index is 4670. The van der Waals surface area contributed by atoms with Crippen LogP contribution in [0.5, 0.6) is 0 Å². The lowest BCUT2D eigenvalue weighted by Crippen LogP contribution is -2.61. The maximum Gasteiger partial charge on any atom is 0.252 e. The number of anilines is 6. The Balaban J connectivity index is 1.02. The molecule has 17 rings (SSSR count). The van der Waals surface area contributed by atoms with Crippen LogP contribution in [0.4, 0.5) is 34.1 Å². The second-order valence-electron chi connectivity index (χ2n) is 24.5. The first-order chi connectivity index (χ1) is 42.8. The van der Waals surface area contributed by atoms with Gasteiger partial charge in [0.15, 0.2) is 0 Å². The molecule has 0 radical (unpaired) electrons. The van der Waals surface area contributed by atoms with Gasteiger partial charge in [-0.1, -0.05) is 215 Å². The number of nitrogens with zero attached hydrogens (tertiary/aromatic N) is 4. The Morgan fingerprint density at radius 3 is 0.862 bits per heavy atom. The van der Waals surface area contributed by atoms with Gasteiger partial charge in [0.2, 0.25) is 0 Å². The average Bonchev–Trinajstić information content (AvgIpc) is 1.19. The second-order valence-corrected chi connectivity index (χ2v) is 24.5. The van der Waals surface area contributed by atoms with Crippen molar-refractivity contribution in [3.63, 3.8) is 0 Å². The van der Waals surface area contributed by atoms with E-state index >= 15 is 0 Å². The quantitative estimate of drug-likeness (QED) is 0.141. The molecule has 2 aromatic heterocycles. The van der Waals surface area contributed by atoms with Crippen LogP contribution in [0.15, 0.2) is 303 Å². The van der Waals surface area contributed by atoms with Crippen LogP contribution in [0.2, 0.25) is 0 Å². The van der Waals surface area contributed by atoms with Crippen molar-refractivity contribution in [2.24, 2.45) is 0 Å². The molecular weight excluding hydrogens is 1050 g/mol. The fourth-order valence-electron chi connectivity index (χ4n) is 14.3. The zero-order valence-corrected chi connectivity index (χ0v) is 48.7. The Morgan fingerprint density at radius 1 is 0.253 bits per heavy atom. The number of hydrogen-bond donors (Lipinski definition) is 0. The van der Waals surface area contributed by atoms with Gasteiger partial charge in [0.1, 0.15) is 0 Å². The summed E-state index contributed by atoms with van der Waals surface area (Å²) in [5.74, 6) is 0. The molecule has 410 valence electrons. The molecule has 4 heterocycles. The summed E-state index contributed by atoms with van der Waals surface area (Å²) in [6, 6.07) is 113. The molecule has 15 aromatic rings. The molecule has 2 aliphatic heterocycles. The Labute approximate surface area is 507 Å². The maximum absolute atomic E-state index is 2.62. The van der Waals surface area contributed by atoms with Gasteiger partial charge in [-0.15, -0.1) is 0 Å². The molecule has 0 atom stereocenters. The van der Waals surface area contributed by atoms with E-state index in [0.717, 1.165) is 56.4 Å². The number of para-hydroxylation sites is 4. The number of aromatic nitrogens is 2. The highest BCUT2D eigenvalue weighted by Gasteiger charge is 2.45. The minimum Gasteiger partial charge on any atom is -0.311 e. The third-order valence-corrected chi connectivity index (χ3v) is 18.4. The van der Waals surface area contributed by atoms with Gasteiger partial charge < -0.3 is 18.9 Å². The highest BCUT2D eigenvalue weighted by atomic mass is 15.2. The Hall–Kier alpha value is -10.9. The van der Waals surface area contributed by atoms with Crippen molar-refractivity contribution in [3.8, 4) is 55.9 Å². The molecule has 0 N–H and O–H groups in total. The fraction of sp³-hybridized carbons (Fsp3) is 0.0488. The van der Waals surface area contributed by atoms with E-state index in [1.807, 2.05) is 0 Å². The van der Waals surface area contributed by atoms with Gasteiger partial charge >= 0.3 is 0 Å². The van der Waals surface area contributed by atoms with Crippen molar-refractivity contribution in [3.05, 3.63) is 309 Å². The van der Waals surface area contributed by atoms with Crippen molar-refractivity contribution in [1.82, 2.24) is 9.13 Å². The van der Waals surface area contributed by atoms with Crippen molar-refractivity contribution in [2.45, 2.75) is 26.2 Å². The van der Waals surface area contributed by atoms with Gasteiger partial charge in [0.25, 0.3) is 6.71 Å². The Kier molecular flexibility index (Phi) is 11.6. The highest BCUT2D eigenvalue weighted by Crippen LogP contribution is 2.50. The normalized spacial score (nSPS) is 12.7. The largest absolute Gasteiger partial charge is 0.311 e. The van der Waals surface area contributed by atoms with Gasteiger partial charge in [-0.3, -0.25) is 0 Å². The SMILES string of the molecule is CC(C)(C)c1cc2c3c(c1)N(c1cc(-c4ccccc4)cc(-c4ccccc4)c1)c1ccc(-n4c5ccccc5c5ccccc54)cc1B3c1cc(-n3c4ccccc4c4ccccc43)ccc1N2c1cc(-c2ccccc2)cc(-c2ccccc2)c1.